The van der Waals surface area contributed by atoms with Gasteiger partial charge in [-0.2, -0.15) is 0 Å². The fourth-order valence-corrected chi connectivity index (χ4v) is 2.55. The highest BCUT2D eigenvalue weighted by atomic mass is 16.5. The van der Waals surface area contributed by atoms with Crippen LogP contribution in [0.2, 0.25) is 0 Å². The van der Waals surface area contributed by atoms with E-state index in [0.29, 0.717) is 16.8 Å². The Morgan fingerprint density at radius 2 is 1.46 bits per heavy atom. The summed E-state index contributed by atoms with van der Waals surface area (Å²) in [5.41, 5.74) is 2.76. The molecule has 0 radical (unpaired) electrons. The lowest BCUT2D eigenvalue weighted by Crippen LogP contribution is -2.15. The van der Waals surface area contributed by atoms with Crippen LogP contribution in [0.1, 0.15) is 36.6 Å². The highest BCUT2D eigenvalue weighted by Gasteiger charge is 2.13. The van der Waals surface area contributed by atoms with E-state index in [1.165, 1.54) is 6.07 Å². The molecule has 5 heteroatoms. The minimum Gasteiger partial charge on any atom is -0.454 e. The summed E-state index contributed by atoms with van der Waals surface area (Å²) in [4.78, 5) is 36.6. The molecule has 0 bridgehead atoms. The molecule has 0 heterocycles. The van der Waals surface area contributed by atoms with Crippen molar-refractivity contribution < 1.29 is 19.1 Å². The molecule has 140 valence electrons. The summed E-state index contributed by atoms with van der Waals surface area (Å²) in [5.74, 6) is -1.18. The summed E-state index contributed by atoms with van der Waals surface area (Å²) >= 11 is 0. The summed E-state index contributed by atoms with van der Waals surface area (Å²) in [6.07, 6.45) is 0. The van der Waals surface area contributed by atoms with Gasteiger partial charge in [-0.25, -0.2) is 4.79 Å². The fraction of sp³-hybridized carbons (Fsp3) is 0.0870. The average Bonchev–Trinajstić information content (AvgIpc) is 2.73. The first kappa shape index (κ1) is 19.0. The molecule has 0 aliphatic carbocycles. The van der Waals surface area contributed by atoms with Crippen LogP contribution in [0.5, 0.6) is 0 Å². The normalized spacial score (nSPS) is 10.2. The van der Waals surface area contributed by atoms with Gasteiger partial charge >= 0.3 is 5.97 Å². The Bertz CT molecular complexity index is 995. The number of Topliss-reactive ketones (excluding diaryl/α,β-unsaturated/α-hetero) is 1. The highest BCUT2D eigenvalue weighted by molar-refractivity contribution is 6.05. The van der Waals surface area contributed by atoms with Gasteiger partial charge in [-0.05, 0) is 37.3 Å². The van der Waals surface area contributed by atoms with Crippen LogP contribution >= 0.6 is 0 Å². The summed E-state index contributed by atoms with van der Waals surface area (Å²) in [5, 5.41) is 2.74. The number of nitrogens with one attached hydrogen (secondary N) is 1. The Kier molecular flexibility index (Phi) is 5.97. The molecule has 0 spiro atoms. The van der Waals surface area contributed by atoms with Crippen LogP contribution in [-0.2, 0) is 4.74 Å². The minimum atomic E-state index is -0.628. The van der Waals surface area contributed by atoms with E-state index in [9.17, 15) is 14.4 Å². The third-order valence-corrected chi connectivity index (χ3v) is 4.10. The molecule has 0 aromatic heterocycles. The highest BCUT2D eigenvalue weighted by Crippen LogP contribution is 2.14. The molecular weight excluding hydrogens is 354 g/mol. The van der Waals surface area contributed by atoms with Gasteiger partial charge in [0.15, 0.2) is 12.4 Å². The fourth-order valence-electron chi connectivity index (χ4n) is 2.55. The van der Waals surface area contributed by atoms with Crippen LogP contribution in [0, 0.1) is 6.92 Å². The van der Waals surface area contributed by atoms with Crippen molar-refractivity contribution in [2.45, 2.75) is 6.92 Å². The molecule has 0 saturated heterocycles. The third-order valence-electron chi connectivity index (χ3n) is 4.10. The van der Waals surface area contributed by atoms with Gasteiger partial charge in [-0.3, -0.25) is 9.59 Å². The van der Waals surface area contributed by atoms with Gasteiger partial charge in [0, 0.05) is 16.8 Å². The first-order chi connectivity index (χ1) is 13.5. The maximum atomic E-state index is 12.3. The number of carbonyl (C=O) groups is 3. The number of ketones is 1. The van der Waals surface area contributed by atoms with Gasteiger partial charge in [0.25, 0.3) is 5.91 Å². The van der Waals surface area contributed by atoms with Crippen molar-refractivity contribution >= 4 is 23.3 Å². The molecule has 0 fully saturated rings. The molecule has 28 heavy (non-hydrogen) atoms. The zero-order valence-corrected chi connectivity index (χ0v) is 15.3. The number of anilines is 1. The summed E-state index contributed by atoms with van der Waals surface area (Å²) in [7, 11) is 0. The number of ether oxygens (including phenoxy) is 1. The molecule has 3 rings (SSSR count). The van der Waals surface area contributed by atoms with Crippen molar-refractivity contribution in [3.05, 3.63) is 101 Å². The molecule has 0 aliphatic heterocycles. The average molecular weight is 373 g/mol. The maximum Gasteiger partial charge on any atom is 0.338 e. The van der Waals surface area contributed by atoms with Crippen molar-refractivity contribution in [1.29, 1.82) is 0 Å². The number of aryl methyl sites for hydroxylation is 1. The minimum absolute atomic E-state index is 0.252. The first-order valence-corrected chi connectivity index (χ1v) is 8.76. The van der Waals surface area contributed by atoms with Gasteiger partial charge in [-0.15, -0.1) is 0 Å². The Hall–Kier alpha value is -3.73. The number of esters is 1. The van der Waals surface area contributed by atoms with Crippen LogP contribution in [0.15, 0.2) is 78.9 Å². The van der Waals surface area contributed by atoms with Gasteiger partial charge in [-0.1, -0.05) is 54.1 Å². The van der Waals surface area contributed by atoms with Crippen LogP contribution in [0.3, 0.4) is 0 Å². The van der Waals surface area contributed by atoms with E-state index in [4.69, 9.17) is 4.74 Å². The Morgan fingerprint density at radius 3 is 2.18 bits per heavy atom. The van der Waals surface area contributed by atoms with Gasteiger partial charge in [0.1, 0.15) is 0 Å². The van der Waals surface area contributed by atoms with Crippen LogP contribution < -0.4 is 5.32 Å². The van der Waals surface area contributed by atoms with Gasteiger partial charge in [0.05, 0.1) is 5.56 Å². The lowest BCUT2D eigenvalue weighted by molar-refractivity contribution is 0.0474. The molecule has 5 nitrogen and oxygen atoms in total. The topological polar surface area (TPSA) is 72.5 Å². The molecule has 0 unspecified atom stereocenters. The van der Waals surface area contributed by atoms with Crippen molar-refractivity contribution in [1.82, 2.24) is 0 Å². The number of benzene rings is 3. The molecule has 1 amide bonds. The van der Waals surface area contributed by atoms with Crippen LogP contribution in [-0.4, -0.2) is 24.3 Å². The quantitative estimate of drug-likeness (QED) is 0.517. The van der Waals surface area contributed by atoms with Crippen molar-refractivity contribution in [3.8, 4) is 0 Å². The molecule has 0 aliphatic rings. The van der Waals surface area contributed by atoms with Crippen molar-refractivity contribution in [3.63, 3.8) is 0 Å². The second kappa shape index (κ2) is 8.77. The second-order valence-electron chi connectivity index (χ2n) is 6.27. The molecule has 0 atom stereocenters. The summed E-state index contributed by atoms with van der Waals surface area (Å²) in [6, 6.07) is 22.2. The SMILES string of the molecule is Cc1ccc(C(=O)COC(=O)c2cccc(NC(=O)c3ccccc3)c2)cc1. The largest absolute Gasteiger partial charge is 0.454 e. The summed E-state index contributed by atoms with van der Waals surface area (Å²) < 4.78 is 5.12. The van der Waals surface area contributed by atoms with E-state index < -0.39 is 5.97 Å². The molecule has 3 aromatic carbocycles. The van der Waals surface area contributed by atoms with Gasteiger partial charge < -0.3 is 10.1 Å². The molecular formula is C23H19NO4. The number of hydrogen-bond donors (Lipinski definition) is 1. The number of amides is 1. The predicted octanol–water partition coefficient (Wildman–Crippen LogP) is 4.29. The van der Waals surface area contributed by atoms with E-state index in [-0.39, 0.29) is 23.9 Å². The second-order valence-corrected chi connectivity index (χ2v) is 6.27. The maximum absolute atomic E-state index is 12.3. The number of hydrogen-bond acceptors (Lipinski definition) is 4. The van der Waals surface area contributed by atoms with Gasteiger partial charge in [0.2, 0.25) is 0 Å². The van der Waals surface area contributed by atoms with E-state index in [0.717, 1.165) is 5.56 Å². The Labute approximate surface area is 163 Å². The van der Waals surface area contributed by atoms with E-state index in [1.807, 2.05) is 25.1 Å². The van der Waals surface area contributed by atoms with E-state index in [2.05, 4.69) is 5.32 Å². The standard InChI is InChI=1S/C23H19NO4/c1-16-10-12-17(13-11-16)21(25)15-28-23(27)19-8-5-9-20(14-19)24-22(26)18-6-3-2-4-7-18/h2-14H,15H2,1H3,(H,24,26). The number of carbonyl (C=O) groups excluding carboxylic acids is 3. The lowest BCUT2D eigenvalue weighted by atomic mass is 10.1. The lowest BCUT2D eigenvalue weighted by Gasteiger charge is -2.08. The smallest absolute Gasteiger partial charge is 0.338 e. The van der Waals surface area contributed by atoms with E-state index >= 15 is 0 Å². The van der Waals surface area contributed by atoms with Crippen LogP contribution in [0.4, 0.5) is 5.69 Å². The van der Waals surface area contributed by atoms with Crippen molar-refractivity contribution in [2.75, 3.05) is 11.9 Å². The zero-order valence-electron chi connectivity index (χ0n) is 15.3. The number of rotatable bonds is 6. The Balaban J connectivity index is 1.61. The molecule has 1 N–H and O–H groups in total. The van der Waals surface area contributed by atoms with Crippen molar-refractivity contribution in [2.24, 2.45) is 0 Å². The summed E-state index contributed by atoms with van der Waals surface area (Å²) in [6.45, 7) is 1.58. The monoisotopic (exact) mass is 373 g/mol. The predicted molar refractivity (Wildman–Crippen MR) is 107 cm³/mol. The Morgan fingerprint density at radius 1 is 0.786 bits per heavy atom. The van der Waals surface area contributed by atoms with Crippen LogP contribution in [0.25, 0.3) is 0 Å². The zero-order chi connectivity index (χ0) is 19.9. The van der Waals surface area contributed by atoms with E-state index in [1.54, 1.807) is 54.6 Å². The molecule has 3 aromatic rings. The first-order valence-electron chi connectivity index (χ1n) is 8.76. The molecule has 0 saturated carbocycles. The third kappa shape index (κ3) is 4.92.